The second kappa shape index (κ2) is 8.17. The minimum Gasteiger partial charge on any atom is -0.347 e. The summed E-state index contributed by atoms with van der Waals surface area (Å²) >= 11 is 0. The smallest absolute Gasteiger partial charge is 0.227 e. The highest BCUT2D eigenvalue weighted by Crippen LogP contribution is 2.35. The molecule has 0 aromatic heterocycles. The number of nitrogens with zero attached hydrogens (tertiary/aromatic N) is 1. The van der Waals surface area contributed by atoms with E-state index in [1.54, 1.807) is 12.1 Å². The molecule has 1 aliphatic carbocycles. The SMILES string of the molecule is O=C(Nc1ccc(F)cc1)C1CCC(C(=O)N2CCC3(CC2)OCCO3)CC1. The molecule has 1 aromatic rings. The molecule has 3 fully saturated rings. The van der Waals surface area contributed by atoms with Gasteiger partial charge in [-0.15, -0.1) is 0 Å². The molecule has 0 radical (unpaired) electrons. The van der Waals surface area contributed by atoms with E-state index in [1.165, 1.54) is 12.1 Å². The van der Waals surface area contributed by atoms with E-state index >= 15 is 0 Å². The van der Waals surface area contributed by atoms with Gasteiger partial charge in [0, 0.05) is 43.5 Å². The van der Waals surface area contributed by atoms with Gasteiger partial charge in [-0.05, 0) is 49.9 Å². The van der Waals surface area contributed by atoms with E-state index in [0.29, 0.717) is 44.8 Å². The Morgan fingerprint density at radius 1 is 0.964 bits per heavy atom. The molecule has 2 amide bonds. The summed E-state index contributed by atoms with van der Waals surface area (Å²) in [6, 6.07) is 5.78. The number of nitrogens with one attached hydrogen (secondary N) is 1. The van der Waals surface area contributed by atoms with Crippen LogP contribution in [0.3, 0.4) is 0 Å². The average Bonchev–Trinajstić information content (AvgIpc) is 3.18. The number of anilines is 1. The van der Waals surface area contributed by atoms with Gasteiger partial charge >= 0.3 is 0 Å². The van der Waals surface area contributed by atoms with Crippen molar-refractivity contribution in [3.63, 3.8) is 0 Å². The largest absolute Gasteiger partial charge is 0.347 e. The van der Waals surface area contributed by atoms with Crippen LogP contribution in [0.4, 0.5) is 10.1 Å². The number of hydrogen-bond acceptors (Lipinski definition) is 4. The molecule has 3 aliphatic rings. The monoisotopic (exact) mass is 390 g/mol. The topological polar surface area (TPSA) is 67.9 Å². The fourth-order valence-corrected chi connectivity index (χ4v) is 4.49. The number of carbonyl (C=O) groups is 2. The third-order valence-electron chi connectivity index (χ3n) is 6.21. The van der Waals surface area contributed by atoms with Crippen LogP contribution in [0.5, 0.6) is 0 Å². The van der Waals surface area contributed by atoms with E-state index in [4.69, 9.17) is 9.47 Å². The van der Waals surface area contributed by atoms with Gasteiger partial charge in [0.2, 0.25) is 11.8 Å². The van der Waals surface area contributed by atoms with Crippen LogP contribution in [0.1, 0.15) is 38.5 Å². The van der Waals surface area contributed by atoms with Crippen LogP contribution < -0.4 is 5.32 Å². The summed E-state index contributed by atoms with van der Waals surface area (Å²) in [6.07, 6.45) is 4.33. The van der Waals surface area contributed by atoms with Gasteiger partial charge in [-0.25, -0.2) is 4.39 Å². The summed E-state index contributed by atoms with van der Waals surface area (Å²) in [5.41, 5.74) is 0.600. The molecule has 1 spiro atoms. The zero-order valence-corrected chi connectivity index (χ0v) is 16.0. The van der Waals surface area contributed by atoms with Gasteiger partial charge in [-0.1, -0.05) is 0 Å². The van der Waals surface area contributed by atoms with Crippen LogP contribution in [0.2, 0.25) is 0 Å². The van der Waals surface area contributed by atoms with E-state index < -0.39 is 5.79 Å². The van der Waals surface area contributed by atoms with Gasteiger partial charge in [-0.2, -0.15) is 0 Å². The minimum atomic E-state index is -0.465. The molecule has 0 atom stereocenters. The summed E-state index contributed by atoms with van der Waals surface area (Å²) in [4.78, 5) is 27.2. The molecule has 2 saturated heterocycles. The predicted molar refractivity (Wildman–Crippen MR) is 101 cm³/mol. The van der Waals surface area contributed by atoms with Crippen molar-refractivity contribution < 1.29 is 23.5 Å². The summed E-state index contributed by atoms with van der Waals surface area (Å²) in [6.45, 7) is 2.61. The fourth-order valence-electron chi connectivity index (χ4n) is 4.49. The zero-order chi connectivity index (χ0) is 19.6. The molecule has 6 nitrogen and oxygen atoms in total. The van der Waals surface area contributed by atoms with E-state index in [1.807, 2.05) is 4.90 Å². The third-order valence-corrected chi connectivity index (χ3v) is 6.21. The Kier molecular flexibility index (Phi) is 5.64. The number of benzene rings is 1. The lowest BCUT2D eigenvalue weighted by molar-refractivity contribution is -0.188. The number of amides is 2. The highest BCUT2D eigenvalue weighted by Gasteiger charge is 2.42. The molecule has 0 bridgehead atoms. The number of piperidine rings is 1. The lowest BCUT2D eigenvalue weighted by Gasteiger charge is -2.39. The predicted octanol–water partition coefficient (Wildman–Crippen LogP) is 2.94. The van der Waals surface area contributed by atoms with E-state index in [2.05, 4.69) is 5.32 Å². The van der Waals surface area contributed by atoms with E-state index in [-0.39, 0.29) is 29.5 Å². The quantitative estimate of drug-likeness (QED) is 0.862. The van der Waals surface area contributed by atoms with Crippen molar-refractivity contribution in [1.82, 2.24) is 4.90 Å². The lowest BCUT2D eigenvalue weighted by Crippen LogP contribution is -2.49. The molecule has 4 rings (SSSR count). The van der Waals surface area contributed by atoms with Gasteiger partial charge in [0.1, 0.15) is 5.82 Å². The first kappa shape index (κ1) is 19.3. The molecule has 152 valence electrons. The first-order valence-electron chi connectivity index (χ1n) is 10.2. The standard InChI is InChI=1S/C21H27FN2O4/c22-17-5-7-18(8-6-17)23-19(25)15-1-3-16(4-2-15)20(26)24-11-9-21(10-12-24)27-13-14-28-21/h5-8,15-16H,1-4,9-14H2,(H,23,25). The Bertz CT molecular complexity index is 700. The van der Waals surface area contributed by atoms with Crippen molar-refractivity contribution in [3.8, 4) is 0 Å². The molecule has 1 aromatic carbocycles. The van der Waals surface area contributed by atoms with Gasteiger partial charge < -0.3 is 19.7 Å². The molecule has 1 N–H and O–H groups in total. The Hall–Kier alpha value is -1.99. The summed E-state index contributed by atoms with van der Waals surface area (Å²) in [5.74, 6) is -0.745. The number of hydrogen-bond donors (Lipinski definition) is 1. The Morgan fingerprint density at radius 2 is 1.54 bits per heavy atom. The van der Waals surface area contributed by atoms with Crippen LogP contribution in [-0.4, -0.2) is 48.8 Å². The summed E-state index contributed by atoms with van der Waals surface area (Å²) in [5, 5.41) is 2.85. The van der Waals surface area contributed by atoms with Crippen molar-refractivity contribution in [3.05, 3.63) is 30.1 Å². The number of carbonyl (C=O) groups excluding carboxylic acids is 2. The summed E-state index contributed by atoms with van der Waals surface area (Å²) < 4.78 is 24.4. The van der Waals surface area contributed by atoms with E-state index in [0.717, 1.165) is 25.7 Å². The van der Waals surface area contributed by atoms with Crippen molar-refractivity contribution in [2.75, 3.05) is 31.6 Å². The number of halogens is 1. The van der Waals surface area contributed by atoms with Gasteiger partial charge in [0.25, 0.3) is 0 Å². The Balaban J connectivity index is 1.24. The van der Waals surface area contributed by atoms with Crippen molar-refractivity contribution in [2.24, 2.45) is 11.8 Å². The first-order valence-corrected chi connectivity index (χ1v) is 10.2. The van der Waals surface area contributed by atoms with Crippen LogP contribution >= 0.6 is 0 Å². The second-order valence-corrected chi connectivity index (χ2v) is 7.98. The van der Waals surface area contributed by atoms with E-state index in [9.17, 15) is 14.0 Å². The zero-order valence-electron chi connectivity index (χ0n) is 16.0. The first-order chi connectivity index (χ1) is 13.5. The van der Waals surface area contributed by atoms with Gasteiger partial charge in [0.05, 0.1) is 13.2 Å². The number of ether oxygens (including phenoxy) is 2. The van der Waals surface area contributed by atoms with Crippen LogP contribution in [-0.2, 0) is 19.1 Å². The van der Waals surface area contributed by atoms with Crippen LogP contribution in [0.15, 0.2) is 24.3 Å². The normalized spacial score (nSPS) is 27.0. The van der Waals surface area contributed by atoms with Crippen molar-refractivity contribution in [2.45, 2.75) is 44.3 Å². The molecular weight excluding hydrogens is 363 g/mol. The molecule has 2 heterocycles. The fraction of sp³-hybridized carbons (Fsp3) is 0.619. The minimum absolute atomic E-state index is 0.00524. The number of likely N-dealkylation sites (tertiary alicyclic amines) is 1. The van der Waals surface area contributed by atoms with Gasteiger partial charge in [0.15, 0.2) is 5.79 Å². The maximum atomic E-state index is 13.0. The molecule has 0 unspecified atom stereocenters. The van der Waals surface area contributed by atoms with Crippen molar-refractivity contribution in [1.29, 1.82) is 0 Å². The average molecular weight is 390 g/mol. The Labute approximate surface area is 164 Å². The molecule has 28 heavy (non-hydrogen) atoms. The highest BCUT2D eigenvalue weighted by molar-refractivity contribution is 5.92. The van der Waals surface area contributed by atoms with Crippen LogP contribution in [0.25, 0.3) is 0 Å². The van der Waals surface area contributed by atoms with Gasteiger partial charge in [-0.3, -0.25) is 9.59 Å². The highest BCUT2D eigenvalue weighted by atomic mass is 19.1. The third kappa shape index (κ3) is 4.20. The second-order valence-electron chi connectivity index (χ2n) is 7.98. The Morgan fingerprint density at radius 3 is 2.14 bits per heavy atom. The summed E-state index contributed by atoms with van der Waals surface area (Å²) in [7, 11) is 0. The van der Waals surface area contributed by atoms with Crippen LogP contribution in [0, 0.1) is 17.7 Å². The van der Waals surface area contributed by atoms with Crippen molar-refractivity contribution >= 4 is 17.5 Å². The molecule has 1 saturated carbocycles. The molecular formula is C21H27FN2O4. The maximum Gasteiger partial charge on any atom is 0.227 e. The maximum absolute atomic E-state index is 13.0. The molecule has 2 aliphatic heterocycles. The molecule has 7 heteroatoms. The number of rotatable bonds is 3. The lowest BCUT2D eigenvalue weighted by atomic mass is 9.80.